The predicted octanol–water partition coefficient (Wildman–Crippen LogP) is 5.17. The van der Waals surface area contributed by atoms with Gasteiger partial charge >= 0.3 is 6.61 Å². The van der Waals surface area contributed by atoms with E-state index in [4.69, 9.17) is 14.2 Å². The van der Waals surface area contributed by atoms with Crippen LogP contribution in [0, 0.1) is 17.2 Å². The molecule has 3 aromatic rings. The van der Waals surface area contributed by atoms with Gasteiger partial charge in [0.1, 0.15) is 22.7 Å². The summed E-state index contributed by atoms with van der Waals surface area (Å²) in [6.45, 7) is -2.04. The number of benzene rings is 1. The van der Waals surface area contributed by atoms with Crippen molar-refractivity contribution in [1.82, 2.24) is 9.38 Å². The summed E-state index contributed by atoms with van der Waals surface area (Å²) in [7, 11) is 1.40. The minimum atomic E-state index is -3.09. The van der Waals surface area contributed by atoms with E-state index in [1.54, 1.807) is 16.7 Å². The van der Waals surface area contributed by atoms with Gasteiger partial charge in [0, 0.05) is 31.4 Å². The Morgan fingerprint density at radius 2 is 2.03 bits per heavy atom. The van der Waals surface area contributed by atoms with E-state index < -0.39 is 12.0 Å². The van der Waals surface area contributed by atoms with Gasteiger partial charge in [0.2, 0.25) is 0 Å². The number of ether oxygens (including phenoxy) is 3. The van der Waals surface area contributed by atoms with Crippen molar-refractivity contribution in [3.05, 3.63) is 47.8 Å². The van der Waals surface area contributed by atoms with E-state index in [9.17, 15) is 18.8 Å². The second-order valence-corrected chi connectivity index (χ2v) is 9.09. The third-order valence-corrected chi connectivity index (χ3v) is 6.87. The summed E-state index contributed by atoms with van der Waals surface area (Å²) in [6.07, 6.45) is 6.84. The average Bonchev–Trinajstić information content (AvgIpc) is 3.57. The Hall–Kier alpha value is -3.51. The van der Waals surface area contributed by atoms with E-state index in [-0.39, 0.29) is 35.2 Å². The first-order valence-corrected chi connectivity index (χ1v) is 11.6. The van der Waals surface area contributed by atoms with E-state index in [0.29, 0.717) is 43.0 Å². The molecule has 0 bridgehead atoms. The molecule has 182 valence electrons. The lowest BCUT2D eigenvalue weighted by molar-refractivity contribution is -0.0502. The standard InChI is InChI=1S/C26H25F2N3O4/c1-33-21-11-17(12-22(35-25(27)28)24(21)20(32)10-16-2-3-16)19-14-30-23-13-18(4-7-31(19)23)26(15-29)5-8-34-9-6-26/h4,7,11-14,16,25H,2-3,5-6,8-10H2,1H3. The molecule has 35 heavy (non-hydrogen) atoms. The summed E-state index contributed by atoms with van der Waals surface area (Å²) < 4.78 is 44.0. The van der Waals surface area contributed by atoms with E-state index in [2.05, 4.69) is 11.1 Å². The topological polar surface area (TPSA) is 85.8 Å². The number of halogens is 2. The number of carbonyl (C=O) groups excluding carboxylic acids is 1. The van der Waals surface area contributed by atoms with Crippen LogP contribution in [0.15, 0.2) is 36.7 Å². The fourth-order valence-corrected chi connectivity index (χ4v) is 4.73. The van der Waals surface area contributed by atoms with Gasteiger partial charge in [-0.3, -0.25) is 9.20 Å². The van der Waals surface area contributed by atoms with E-state index in [1.165, 1.54) is 13.2 Å². The van der Waals surface area contributed by atoms with Gasteiger partial charge in [-0.05, 0) is 61.4 Å². The van der Waals surface area contributed by atoms with Crippen molar-refractivity contribution >= 4 is 11.4 Å². The highest BCUT2D eigenvalue weighted by Crippen LogP contribution is 2.41. The molecule has 0 amide bonds. The molecule has 0 unspecified atom stereocenters. The van der Waals surface area contributed by atoms with Crippen molar-refractivity contribution in [2.45, 2.75) is 44.1 Å². The molecule has 2 aliphatic rings. The molecule has 5 rings (SSSR count). The zero-order chi connectivity index (χ0) is 24.6. The van der Waals surface area contributed by atoms with Gasteiger partial charge in [0.25, 0.3) is 0 Å². The normalized spacial score (nSPS) is 17.3. The molecule has 0 atom stereocenters. The number of Topliss-reactive ketones (excluding diaryl/α,β-unsaturated/α-hetero) is 1. The number of imidazole rings is 1. The first-order chi connectivity index (χ1) is 16.9. The lowest BCUT2D eigenvalue weighted by Gasteiger charge is -2.31. The fraction of sp³-hybridized carbons (Fsp3) is 0.423. The Bertz CT molecular complexity index is 1300. The summed E-state index contributed by atoms with van der Waals surface area (Å²) in [5.74, 6) is -0.0162. The van der Waals surface area contributed by atoms with Crippen LogP contribution in [0.4, 0.5) is 8.78 Å². The van der Waals surface area contributed by atoms with Gasteiger partial charge < -0.3 is 14.2 Å². The van der Waals surface area contributed by atoms with Crippen LogP contribution in [0.1, 0.15) is 48.0 Å². The molecule has 1 aliphatic carbocycles. The Balaban J connectivity index is 1.57. The van der Waals surface area contributed by atoms with Crippen molar-refractivity contribution in [3.8, 4) is 28.8 Å². The number of hydrogen-bond acceptors (Lipinski definition) is 6. The maximum absolute atomic E-state index is 13.3. The molecular formula is C26H25F2N3O4. The SMILES string of the molecule is COc1cc(-c2cnc3cc(C4(C#N)CCOCC4)ccn23)cc(OC(F)F)c1C(=O)CC1CC1. The van der Waals surface area contributed by atoms with E-state index >= 15 is 0 Å². The molecule has 7 nitrogen and oxygen atoms in total. The summed E-state index contributed by atoms with van der Waals surface area (Å²) in [6, 6.07) is 9.29. The smallest absolute Gasteiger partial charge is 0.387 e. The number of fused-ring (bicyclic) bond motifs is 1. The third kappa shape index (κ3) is 4.46. The van der Waals surface area contributed by atoms with Crippen molar-refractivity contribution < 1.29 is 27.8 Å². The zero-order valence-electron chi connectivity index (χ0n) is 19.3. The van der Waals surface area contributed by atoms with Gasteiger partial charge in [-0.1, -0.05) is 0 Å². The molecular weight excluding hydrogens is 456 g/mol. The number of methoxy groups -OCH3 is 1. The van der Waals surface area contributed by atoms with Crippen molar-refractivity contribution in [2.24, 2.45) is 5.92 Å². The molecule has 1 saturated carbocycles. The van der Waals surface area contributed by atoms with Gasteiger partial charge in [0.15, 0.2) is 5.78 Å². The molecule has 2 fully saturated rings. The number of nitriles is 1. The molecule has 0 N–H and O–H groups in total. The highest BCUT2D eigenvalue weighted by atomic mass is 19.3. The molecule has 9 heteroatoms. The average molecular weight is 481 g/mol. The number of ketones is 1. The Morgan fingerprint density at radius 1 is 1.29 bits per heavy atom. The van der Waals surface area contributed by atoms with Crippen LogP contribution >= 0.6 is 0 Å². The highest BCUT2D eigenvalue weighted by molar-refractivity contribution is 6.02. The molecule has 2 aromatic heterocycles. The third-order valence-electron chi connectivity index (χ3n) is 6.87. The van der Waals surface area contributed by atoms with Gasteiger partial charge in [-0.15, -0.1) is 0 Å². The van der Waals surface area contributed by atoms with Crippen LogP contribution in [-0.4, -0.2) is 42.1 Å². The minimum absolute atomic E-state index is 0.0371. The number of rotatable bonds is 8. The largest absolute Gasteiger partial charge is 0.496 e. The summed E-state index contributed by atoms with van der Waals surface area (Å²) >= 11 is 0. The van der Waals surface area contributed by atoms with Crippen LogP contribution in [0.3, 0.4) is 0 Å². The maximum Gasteiger partial charge on any atom is 0.387 e. The summed E-state index contributed by atoms with van der Waals surface area (Å²) in [5.41, 5.74) is 2.02. The van der Waals surface area contributed by atoms with Crippen LogP contribution in [0.2, 0.25) is 0 Å². The Morgan fingerprint density at radius 3 is 2.69 bits per heavy atom. The van der Waals surface area contributed by atoms with Crippen LogP contribution in [-0.2, 0) is 10.2 Å². The highest BCUT2D eigenvalue weighted by Gasteiger charge is 2.35. The molecule has 1 saturated heterocycles. The first kappa shape index (κ1) is 23.2. The van der Waals surface area contributed by atoms with Crippen LogP contribution in [0.5, 0.6) is 11.5 Å². The lowest BCUT2D eigenvalue weighted by atomic mass is 9.76. The number of carbonyl (C=O) groups is 1. The number of nitrogens with zero attached hydrogens (tertiary/aromatic N) is 3. The first-order valence-electron chi connectivity index (χ1n) is 11.6. The van der Waals surface area contributed by atoms with Crippen molar-refractivity contribution in [3.63, 3.8) is 0 Å². The Labute approximate surface area is 201 Å². The molecule has 1 aliphatic heterocycles. The lowest BCUT2D eigenvalue weighted by Crippen LogP contribution is -2.32. The predicted molar refractivity (Wildman–Crippen MR) is 123 cm³/mol. The van der Waals surface area contributed by atoms with Crippen LogP contribution in [0.25, 0.3) is 16.9 Å². The second kappa shape index (κ2) is 9.27. The van der Waals surface area contributed by atoms with Gasteiger partial charge in [0.05, 0.1) is 30.5 Å². The van der Waals surface area contributed by atoms with Crippen LogP contribution < -0.4 is 9.47 Å². The van der Waals surface area contributed by atoms with Crippen molar-refractivity contribution in [1.29, 1.82) is 5.26 Å². The quantitative estimate of drug-likeness (QED) is 0.413. The molecule has 1 aromatic carbocycles. The number of aromatic nitrogens is 2. The number of alkyl halides is 2. The van der Waals surface area contributed by atoms with Gasteiger partial charge in [-0.25, -0.2) is 4.98 Å². The van der Waals surface area contributed by atoms with Crippen molar-refractivity contribution in [2.75, 3.05) is 20.3 Å². The second-order valence-electron chi connectivity index (χ2n) is 9.09. The maximum atomic E-state index is 13.3. The summed E-state index contributed by atoms with van der Waals surface area (Å²) in [4.78, 5) is 17.4. The fourth-order valence-electron chi connectivity index (χ4n) is 4.73. The molecule has 3 heterocycles. The van der Waals surface area contributed by atoms with Gasteiger partial charge in [-0.2, -0.15) is 14.0 Å². The minimum Gasteiger partial charge on any atom is -0.496 e. The molecule has 0 spiro atoms. The Kier molecular flexibility index (Phi) is 6.15. The molecule has 0 radical (unpaired) electrons. The number of pyridine rings is 1. The van der Waals surface area contributed by atoms with E-state index in [1.807, 2.05) is 18.3 Å². The zero-order valence-corrected chi connectivity index (χ0v) is 19.3. The summed E-state index contributed by atoms with van der Waals surface area (Å²) in [5, 5.41) is 9.89. The van der Waals surface area contributed by atoms with E-state index in [0.717, 1.165) is 18.4 Å². The monoisotopic (exact) mass is 481 g/mol. The number of hydrogen-bond donors (Lipinski definition) is 0.